The molecule has 3 N–H and O–H groups in total. The van der Waals surface area contributed by atoms with E-state index in [0.29, 0.717) is 0 Å². The first kappa shape index (κ1) is 13.5. The van der Waals surface area contributed by atoms with Gasteiger partial charge in [-0.25, -0.2) is 4.98 Å². The fraction of sp³-hybridized carbons (Fsp3) is 0.444. The van der Waals surface area contributed by atoms with Crippen LogP contribution in [-0.2, 0) is 13.2 Å². The lowest BCUT2D eigenvalue weighted by Gasteiger charge is -2.15. The molecule has 1 aromatic heterocycles. The van der Waals surface area contributed by atoms with Gasteiger partial charge in [-0.05, 0) is 0 Å². The molecule has 0 saturated heterocycles. The summed E-state index contributed by atoms with van der Waals surface area (Å²) < 4.78 is 44.9. The molecule has 0 aliphatic heterocycles. The van der Waals surface area contributed by atoms with E-state index in [9.17, 15) is 13.2 Å². The SMILES string of the molecule is COc1cc(CN)nc(OC(F)(F)F)c1CO. The zero-order valence-corrected chi connectivity index (χ0v) is 8.91. The lowest BCUT2D eigenvalue weighted by Crippen LogP contribution is -2.20. The molecule has 1 aromatic rings. The van der Waals surface area contributed by atoms with E-state index in [1.54, 1.807) is 0 Å². The second-order valence-electron chi connectivity index (χ2n) is 3.01. The lowest BCUT2D eigenvalue weighted by molar-refractivity contribution is -0.276. The smallest absolute Gasteiger partial charge is 0.496 e. The van der Waals surface area contributed by atoms with Crippen molar-refractivity contribution in [3.8, 4) is 11.6 Å². The predicted molar refractivity (Wildman–Crippen MR) is 51.3 cm³/mol. The van der Waals surface area contributed by atoms with Crippen LogP contribution in [0.1, 0.15) is 11.3 Å². The molecule has 0 aliphatic rings. The number of halogens is 3. The Morgan fingerprint density at radius 1 is 1.47 bits per heavy atom. The minimum Gasteiger partial charge on any atom is -0.496 e. The summed E-state index contributed by atoms with van der Waals surface area (Å²) >= 11 is 0. The molecule has 17 heavy (non-hydrogen) atoms. The van der Waals surface area contributed by atoms with E-state index < -0.39 is 18.8 Å². The van der Waals surface area contributed by atoms with Gasteiger partial charge in [0.2, 0.25) is 5.88 Å². The Morgan fingerprint density at radius 2 is 2.12 bits per heavy atom. The number of hydrogen-bond donors (Lipinski definition) is 2. The number of hydrogen-bond acceptors (Lipinski definition) is 5. The van der Waals surface area contributed by atoms with E-state index in [0.717, 1.165) is 0 Å². The summed E-state index contributed by atoms with van der Waals surface area (Å²) in [6.07, 6.45) is -4.89. The van der Waals surface area contributed by atoms with Crippen molar-refractivity contribution in [3.63, 3.8) is 0 Å². The van der Waals surface area contributed by atoms with Gasteiger partial charge in [0.1, 0.15) is 5.75 Å². The average Bonchev–Trinajstić information content (AvgIpc) is 2.25. The van der Waals surface area contributed by atoms with E-state index in [1.807, 2.05) is 0 Å². The van der Waals surface area contributed by atoms with Crippen molar-refractivity contribution in [3.05, 3.63) is 17.3 Å². The Labute approximate surface area is 95.0 Å². The van der Waals surface area contributed by atoms with E-state index in [4.69, 9.17) is 15.6 Å². The summed E-state index contributed by atoms with van der Waals surface area (Å²) in [6.45, 7) is -0.761. The fourth-order valence-corrected chi connectivity index (χ4v) is 1.20. The molecule has 0 saturated carbocycles. The van der Waals surface area contributed by atoms with Crippen LogP contribution in [0.25, 0.3) is 0 Å². The molecule has 0 bridgehead atoms. The van der Waals surface area contributed by atoms with Crippen molar-refractivity contribution in [1.82, 2.24) is 4.98 Å². The highest BCUT2D eigenvalue weighted by atomic mass is 19.4. The Bertz CT molecular complexity index is 396. The predicted octanol–water partition coefficient (Wildman–Crippen LogP) is 0.940. The number of pyridine rings is 1. The number of methoxy groups -OCH3 is 1. The van der Waals surface area contributed by atoms with Crippen LogP contribution in [0, 0.1) is 0 Å². The van der Waals surface area contributed by atoms with Gasteiger partial charge in [-0.3, -0.25) is 0 Å². The van der Waals surface area contributed by atoms with Gasteiger partial charge in [0, 0.05) is 12.6 Å². The fourth-order valence-electron chi connectivity index (χ4n) is 1.20. The Morgan fingerprint density at radius 3 is 2.53 bits per heavy atom. The highest BCUT2D eigenvalue weighted by Gasteiger charge is 2.33. The van der Waals surface area contributed by atoms with Gasteiger partial charge >= 0.3 is 6.36 Å². The number of aliphatic hydroxyl groups excluding tert-OH is 1. The summed E-state index contributed by atoms with van der Waals surface area (Å²) in [4.78, 5) is 3.55. The van der Waals surface area contributed by atoms with Gasteiger partial charge in [-0.1, -0.05) is 0 Å². The van der Waals surface area contributed by atoms with Crippen molar-refractivity contribution in [2.45, 2.75) is 19.5 Å². The van der Waals surface area contributed by atoms with Crippen LogP contribution < -0.4 is 15.2 Å². The van der Waals surface area contributed by atoms with E-state index in [1.165, 1.54) is 13.2 Å². The molecular formula is C9H11F3N2O3. The summed E-state index contributed by atoms with van der Waals surface area (Å²) in [5.74, 6) is -0.706. The molecule has 0 aromatic carbocycles. The third kappa shape index (κ3) is 3.46. The Kier molecular flexibility index (Phi) is 4.13. The minimum atomic E-state index is -4.89. The van der Waals surface area contributed by atoms with Crippen LogP contribution in [0.15, 0.2) is 6.07 Å². The molecule has 0 unspecified atom stereocenters. The second kappa shape index (κ2) is 5.19. The second-order valence-corrected chi connectivity index (χ2v) is 3.01. The molecule has 0 radical (unpaired) electrons. The molecule has 0 fully saturated rings. The van der Waals surface area contributed by atoms with Crippen molar-refractivity contribution in [2.75, 3.05) is 7.11 Å². The first-order valence-electron chi connectivity index (χ1n) is 4.54. The number of ether oxygens (including phenoxy) is 2. The van der Waals surface area contributed by atoms with E-state index in [-0.39, 0.29) is 23.6 Å². The molecule has 0 amide bonds. The van der Waals surface area contributed by atoms with E-state index in [2.05, 4.69) is 9.72 Å². The summed E-state index contributed by atoms with van der Waals surface area (Å²) in [5, 5.41) is 8.99. The Hall–Kier alpha value is -1.54. The molecule has 0 aliphatic carbocycles. The maximum atomic E-state index is 12.1. The lowest BCUT2D eigenvalue weighted by atomic mass is 10.2. The zero-order valence-electron chi connectivity index (χ0n) is 8.91. The standard InChI is InChI=1S/C9H11F3N2O3/c1-16-7-2-5(3-13)14-8(6(7)4-15)17-9(10,11)12/h2,15H,3-4,13H2,1H3. The first-order valence-corrected chi connectivity index (χ1v) is 4.54. The van der Waals surface area contributed by atoms with Crippen LogP contribution in [0.5, 0.6) is 11.6 Å². The molecular weight excluding hydrogens is 241 g/mol. The average molecular weight is 252 g/mol. The van der Waals surface area contributed by atoms with Gasteiger partial charge in [-0.15, -0.1) is 13.2 Å². The van der Waals surface area contributed by atoms with Crippen molar-refractivity contribution >= 4 is 0 Å². The van der Waals surface area contributed by atoms with Gasteiger partial charge in [0.25, 0.3) is 0 Å². The van der Waals surface area contributed by atoms with Crippen molar-refractivity contribution in [2.24, 2.45) is 5.73 Å². The molecule has 96 valence electrons. The Balaban J connectivity index is 3.24. The van der Waals surface area contributed by atoms with Crippen LogP contribution in [0.2, 0.25) is 0 Å². The molecule has 1 rings (SSSR count). The first-order chi connectivity index (χ1) is 7.91. The molecule has 0 spiro atoms. The van der Waals surface area contributed by atoms with Gasteiger partial charge in [0.05, 0.1) is 25.0 Å². The number of rotatable bonds is 4. The van der Waals surface area contributed by atoms with E-state index >= 15 is 0 Å². The van der Waals surface area contributed by atoms with Crippen LogP contribution in [-0.4, -0.2) is 23.6 Å². The third-order valence-electron chi connectivity index (χ3n) is 1.90. The zero-order chi connectivity index (χ0) is 13.1. The van der Waals surface area contributed by atoms with Gasteiger partial charge in [0.15, 0.2) is 0 Å². The molecule has 0 atom stereocenters. The largest absolute Gasteiger partial charge is 0.574 e. The third-order valence-corrected chi connectivity index (χ3v) is 1.90. The number of nitrogens with two attached hydrogens (primary N) is 1. The van der Waals surface area contributed by atoms with Gasteiger partial charge in [-0.2, -0.15) is 0 Å². The number of alkyl halides is 3. The molecule has 1 heterocycles. The normalized spacial score (nSPS) is 11.4. The topological polar surface area (TPSA) is 77.6 Å². The number of nitrogens with zero attached hydrogens (tertiary/aromatic N) is 1. The van der Waals surface area contributed by atoms with Crippen LogP contribution in [0.3, 0.4) is 0 Å². The van der Waals surface area contributed by atoms with Crippen molar-refractivity contribution < 1.29 is 27.8 Å². The maximum absolute atomic E-state index is 12.1. The molecule has 5 nitrogen and oxygen atoms in total. The maximum Gasteiger partial charge on any atom is 0.574 e. The minimum absolute atomic E-state index is 0.0437. The quantitative estimate of drug-likeness (QED) is 0.833. The molecule has 8 heteroatoms. The van der Waals surface area contributed by atoms with Crippen LogP contribution >= 0.6 is 0 Å². The number of aromatic nitrogens is 1. The summed E-state index contributed by atoms with van der Waals surface area (Å²) in [5.41, 5.74) is 5.27. The monoisotopic (exact) mass is 252 g/mol. The number of aliphatic hydroxyl groups is 1. The van der Waals surface area contributed by atoms with Gasteiger partial charge < -0.3 is 20.3 Å². The van der Waals surface area contributed by atoms with Crippen molar-refractivity contribution in [1.29, 1.82) is 0 Å². The summed E-state index contributed by atoms with van der Waals surface area (Å²) in [7, 11) is 1.26. The highest BCUT2D eigenvalue weighted by molar-refractivity contribution is 5.41. The highest BCUT2D eigenvalue weighted by Crippen LogP contribution is 2.31. The summed E-state index contributed by atoms with van der Waals surface area (Å²) in [6, 6.07) is 1.34. The van der Waals surface area contributed by atoms with Crippen LogP contribution in [0.4, 0.5) is 13.2 Å².